The van der Waals surface area contributed by atoms with Crippen LogP contribution in [0.1, 0.15) is 28.2 Å². The number of benzene rings is 1. The van der Waals surface area contributed by atoms with Crippen molar-refractivity contribution in [3.8, 4) is 0 Å². The van der Waals surface area contributed by atoms with Gasteiger partial charge in [0.05, 0.1) is 29.5 Å². The normalized spacial score (nSPS) is 16.1. The maximum atomic E-state index is 12.6. The molecular weight excluding hydrogens is 418 g/mol. The highest BCUT2D eigenvalue weighted by Gasteiger charge is 2.34. The molecule has 152 valence electrons. The number of nitrogens with one attached hydrogen (secondary N) is 2. The van der Waals surface area contributed by atoms with E-state index in [2.05, 4.69) is 10.6 Å². The van der Waals surface area contributed by atoms with Gasteiger partial charge in [0.25, 0.3) is 0 Å². The van der Waals surface area contributed by atoms with Gasteiger partial charge in [-0.25, -0.2) is 14.4 Å². The number of anilines is 1. The van der Waals surface area contributed by atoms with E-state index in [1.54, 1.807) is 19.1 Å². The van der Waals surface area contributed by atoms with Crippen molar-refractivity contribution in [2.24, 2.45) is 0 Å². The van der Waals surface area contributed by atoms with E-state index >= 15 is 0 Å². The third-order valence-electron chi connectivity index (χ3n) is 4.06. The van der Waals surface area contributed by atoms with E-state index in [0.717, 1.165) is 4.88 Å². The van der Waals surface area contributed by atoms with E-state index in [1.807, 2.05) is 5.38 Å². The Labute approximate surface area is 175 Å². The van der Waals surface area contributed by atoms with Crippen LogP contribution in [0.5, 0.6) is 0 Å². The van der Waals surface area contributed by atoms with Crippen molar-refractivity contribution in [3.63, 3.8) is 0 Å². The zero-order valence-electron chi connectivity index (χ0n) is 15.4. The summed E-state index contributed by atoms with van der Waals surface area (Å²) in [6.45, 7) is 1.49. The smallest absolute Gasteiger partial charge is 0.340 e. The Morgan fingerprint density at radius 3 is 2.69 bits per heavy atom. The van der Waals surface area contributed by atoms with E-state index in [1.165, 1.54) is 29.5 Å². The second-order valence-corrected chi connectivity index (χ2v) is 7.38. The number of ether oxygens (including phenoxy) is 2. The van der Waals surface area contributed by atoms with Crippen molar-refractivity contribution in [1.29, 1.82) is 0 Å². The van der Waals surface area contributed by atoms with Crippen molar-refractivity contribution in [3.05, 3.63) is 62.4 Å². The van der Waals surface area contributed by atoms with Crippen molar-refractivity contribution >= 4 is 46.6 Å². The van der Waals surface area contributed by atoms with Gasteiger partial charge < -0.3 is 25.8 Å². The molecule has 0 unspecified atom stereocenters. The average molecular weight is 436 g/mol. The third kappa shape index (κ3) is 4.69. The summed E-state index contributed by atoms with van der Waals surface area (Å²) in [4.78, 5) is 37.9. The topological polar surface area (TPSA) is 120 Å². The molecule has 0 fully saturated rings. The van der Waals surface area contributed by atoms with E-state index < -0.39 is 24.0 Å². The summed E-state index contributed by atoms with van der Waals surface area (Å²) in [5.41, 5.74) is 6.41. The number of carbonyl (C=O) groups is 3. The number of nitrogens with two attached hydrogens (primary N) is 1. The molecular formula is C19H18ClN3O5S. The summed E-state index contributed by atoms with van der Waals surface area (Å²) in [7, 11) is 0. The molecule has 2 heterocycles. The number of amides is 2. The summed E-state index contributed by atoms with van der Waals surface area (Å²) in [6.07, 6.45) is 0. The fourth-order valence-corrected chi connectivity index (χ4v) is 3.75. The molecule has 1 aromatic heterocycles. The maximum Gasteiger partial charge on any atom is 0.340 e. The molecule has 1 atom stereocenters. The van der Waals surface area contributed by atoms with Gasteiger partial charge in [0.2, 0.25) is 0 Å². The summed E-state index contributed by atoms with van der Waals surface area (Å²) in [6, 6.07) is 6.75. The summed E-state index contributed by atoms with van der Waals surface area (Å²) < 4.78 is 10.4. The molecule has 3 rings (SSSR count). The first-order valence-corrected chi connectivity index (χ1v) is 9.89. The third-order valence-corrected chi connectivity index (χ3v) is 5.23. The Kier molecular flexibility index (Phi) is 6.40. The highest BCUT2D eigenvalue weighted by Crippen LogP contribution is 2.31. The largest absolute Gasteiger partial charge is 0.463 e. The maximum absolute atomic E-state index is 12.6. The van der Waals surface area contributed by atoms with Gasteiger partial charge in [-0.05, 0) is 36.6 Å². The van der Waals surface area contributed by atoms with Crippen LogP contribution in [0.4, 0.5) is 10.5 Å². The predicted molar refractivity (Wildman–Crippen MR) is 109 cm³/mol. The van der Waals surface area contributed by atoms with Gasteiger partial charge >= 0.3 is 18.0 Å². The molecule has 0 saturated heterocycles. The van der Waals surface area contributed by atoms with E-state index in [0.29, 0.717) is 5.02 Å². The van der Waals surface area contributed by atoms with Crippen molar-refractivity contribution in [2.75, 3.05) is 18.9 Å². The van der Waals surface area contributed by atoms with Crippen LogP contribution in [-0.2, 0) is 14.3 Å². The molecule has 10 heteroatoms. The second kappa shape index (κ2) is 8.97. The van der Waals surface area contributed by atoms with Crippen LogP contribution in [0.2, 0.25) is 5.02 Å². The molecule has 0 aliphatic carbocycles. The fourth-order valence-electron chi connectivity index (χ4n) is 2.79. The molecule has 1 aliphatic rings. The van der Waals surface area contributed by atoms with Crippen LogP contribution in [0.3, 0.4) is 0 Å². The summed E-state index contributed by atoms with van der Waals surface area (Å²) in [5.74, 6) is -1.33. The van der Waals surface area contributed by atoms with Crippen LogP contribution in [-0.4, -0.2) is 31.2 Å². The molecule has 1 aliphatic heterocycles. The highest BCUT2D eigenvalue weighted by molar-refractivity contribution is 7.10. The Morgan fingerprint density at radius 1 is 1.24 bits per heavy atom. The minimum absolute atomic E-state index is 0.128. The van der Waals surface area contributed by atoms with Crippen LogP contribution in [0.25, 0.3) is 0 Å². The fraction of sp³-hybridized carbons (Fsp3) is 0.211. The van der Waals surface area contributed by atoms with Gasteiger partial charge in [-0.1, -0.05) is 17.7 Å². The lowest BCUT2D eigenvalue weighted by molar-refractivity contribution is -0.139. The number of hydrogen-bond acceptors (Lipinski definition) is 7. The van der Waals surface area contributed by atoms with E-state index in [9.17, 15) is 14.4 Å². The molecule has 2 aromatic rings. The first kappa shape index (κ1) is 20.7. The lowest BCUT2D eigenvalue weighted by Crippen LogP contribution is -2.46. The standard InChI is InChI=1S/C19H18ClN3O5S/c1-2-27-18(25)15-13(22-19(26)23-16(15)14-4-3-7-29-14)9-28-17(24)11-6-5-10(20)8-12(11)21/h3-8,16H,2,9,21H2,1H3,(H2,22,23,26)/t16-/m0/s1. The van der Waals surface area contributed by atoms with Gasteiger partial charge in [-0.15, -0.1) is 11.3 Å². The highest BCUT2D eigenvalue weighted by atomic mass is 35.5. The lowest BCUT2D eigenvalue weighted by atomic mass is 10.0. The zero-order valence-corrected chi connectivity index (χ0v) is 16.9. The zero-order chi connectivity index (χ0) is 21.0. The molecule has 0 saturated carbocycles. The van der Waals surface area contributed by atoms with Crippen molar-refractivity contribution in [2.45, 2.75) is 13.0 Å². The number of halogens is 1. The molecule has 0 bridgehead atoms. The summed E-state index contributed by atoms with van der Waals surface area (Å²) >= 11 is 7.22. The van der Waals surface area contributed by atoms with Crippen LogP contribution in [0.15, 0.2) is 47.0 Å². The number of rotatable bonds is 6. The molecule has 2 amide bonds. The number of esters is 2. The van der Waals surface area contributed by atoms with Gasteiger partial charge in [-0.3, -0.25) is 0 Å². The quantitative estimate of drug-likeness (QED) is 0.474. The molecule has 8 nitrogen and oxygen atoms in total. The van der Waals surface area contributed by atoms with Crippen molar-refractivity contribution in [1.82, 2.24) is 10.6 Å². The Balaban J connectivity index is 1.89. The van der Waals surface area contributed by atoms with Gasteiger partial charge in [0.1, 0.15) is 6.61 Å². The van der Waals surface area contributed by atoms with Crippen LogP contribution in [0, 0.1) is 0 Å². The Hall–Kier alpha value is -3.04. The molecule has 0 spiro atoms. The van der Waals surface area contributed by atoms with Gasteiger partial charge in [-0.2, -0.15) is 0 Å². The second-order valence-electron chi connectivity index (χ2n) is 5.97. The van der Waals surface area contributed by atoms with Crippen molar-refractivity contribution < 1.29 is 23.9 Å². The SMILES string of the molecule is CCOC(=O)C1=C(COC(=O)c2ccc(Cl)cc2N)NC(=O)N[C@H]1c1cccs1. The minimum Gasteiger partial charge on any atom is -0.463 e. The Morgan fingerprint density at radius 2 is 2.03 bits per heavy atom. The number of hydrogen-bond donors (Lipinski definition) is 3. The lowest BCUT2D eigenvalue weighted by Gasteiger charge is -2.28. The van der Waals surface area contributed by atoms with Gasteiger partial charge in [0.15, 0.2) is 0 Å². The minimum atomic E-state index is -0.713. The summed E-state index contributed by atoms with van der Waals surface area (Å²) in [5, 5.41) is 7.45. The van der Waals surface area contributed by atoms with Crippen LogP contribution < -0.4 is 16.4 Å². The van der Waals surface area contributed by atoms with Gasteiger partial charge in [0, 0.05) is 15.6 Å². The van der Waals surface area contributed by atoms with E-state index in [4.69, 9.17) is 26.8 Å². The van der Waals surface area contributed by atoms with Crippen LogP contribution >= 0.6 is 22.9 Å². The predicted octanol–water partition coefficient (Wildman–Crippen LogP) is 3.01. The molecule has 0 radical (unpaired) electrons. The monoisotopic (exact) mass is 435 g/mol. The number of urea groups is 1. The average Bonchev–Trinajstić information content (AvgIpc) is 3.20. The first-order valence-electron chi connectivity index (χ1n) is 8.64. The first-order chi connectivity index (χ1) is 13.9. The molecule has 4 N–H and O–H groups in total. The van der Waals surface area contributed by atoms with E-state index in [-0.39, 0.29) is 35.7 Å². The number of thiophene rings is 1. The number of nitrogen functional groups attached to an aromatic ring is 1. The molecule has 1 aromatic carbocycles. The molecule has 29 heavy (non-hydrogen) atoms. The number of carbonyl (C=O) groups excluding carboxylic acids is 3. The Bertz CT molecular complexity index is 974.